The molecule has 6 nitrogen and oxygen atoms in total. The smallest absolute Gasteiger partial charge is 0.193 e. The predicted octanol–water partition coefficient (Wildman–Crippen LogP) is 2.86. The van der Waals surface area contributed by atoms with Crippen molar-refractivity contribution in [1.29, 1.82) is 0 Å². The first-order valence-electron chi connectivity index (χ1n) is 9.85. The van der Waals surface area contributed by atoms with Crippen LogP contribution in [0.1, 0.15) is 29.5 Å². The average molecular weight is 383 g/mol. The lowest BCUT2D eigenvalue weighted by Gasteiger charge is -2.28. The summed E-state index contributed by atoms with van der Waals surface area (Å²) in [6.07, 6.45) is 6.27. The van der Waals surface area contributed by atoms with Gasteiger partial charge >= 0.3 is 0 Å². The molecular weight excluding hydrogens is 357 g/mol. The first kappa shape index (κ1) is 18.7. The molecule has 1 aliphatic heterocycles. The Morgan fingerprint density at radius 1 is 1.25 bits per heavy atom. The third-order valence-electron chi connectivity index (χ3n) is 5.28. The van der Waals surface area contributed by atoms with Gasteiger partial charge in [-0.3, -0.25) is 0 Å². The molecule has 1 aromatic carbocycles. The van der Waals surface area contributed by atoms with Gasteiger partial charge in [-0.2, -0.15) is 0 Å². The van der Waals surface area contributed by atoms with Crippen LogP contribution in [0.15, 0.2) is 35.5 Å². The Morgan fingerprint density at radius 3 is 2.89 bits per heavy atom. The van der Waals surface area contributed by atoms with Crippen molar-refractivity contribution in [3.8, 4) is 0 Å². The fourth-order valence-electron chi connectivity index (χ4n) is 3.82. The normalized spacial score (nSPS) is 17.3. The SMILES string of the molecule is NC(=NCc1cnc(N2CCOCC2)c(F)c1)Nc1cccc2c1CCCC2. The minimum atomic E-state index is -0.335. The van der Waals surface area contributed by atoms with E-state index in [2.05, 4.69) is 21.4 Å². The van der Waals surface area contributed by atoms with Crippen molar-refractivity contribution in [3.05, 3.63) is 53.0 Å². The first-order valence-corrected chi connectivity index (χ1v) is 9.85. The number of fused-ring (bicyclic) bond motifs is 1. The molecule has 1 aromatic heterocycles. The van der Waals surface area contributed by atoms with Gasteiger partial charge in [-0.1, -0.05) is 12.1 Å². The minimum absolute atomic E-state index is 0.279. The molecule has 0 amide bonds. The van der Waals surface area contributed by atoms with Crippen molar-refractivity contribution in [2.24, 2.45) is 10.7 Å². The molecule has 0 radical (unpaired) electrons. The Bertz CT molecular complexity index is 864. The standard InChI is InChI=1S/C21H26FN5O/c22-18-12-15(13-24-20(18)27-8-10-28-11-9-27)14-25-21(23)26-19-7-3-5-16-4-1-2-6-17(16)19/h3,5,7,12-13H,1-2,4,6,8-11,14H2,(H3,23,25,26). The predicted molar refractivity (Wildman–Crippen MR) is 109 cm³/mol. The monoisotopic (exact) mass is 383 g/mol. The summed E-state index contributed by atoms with van der Waals surface area (Å²) < 4.78 is 19.8. The zero-order chi connectivity index (χ0) is 19.3. The Hall–Kier alpha value is -2.67. The molecule has 2 aromatic rings. The number of ether oxygens (including phenoxy) is 1. The van der Waals surface area contributed by atoms with Gasteiger partial charge in [0.05, 0.1) is 19.8 Å². The highest BCUT2D eigenvalue weighted by atomic mass is 19.1. The number of halogens is 1. The number of morpholine rings is 1. The molecule has 2 heterocycles. The molecule has 1 aliphatic carbocycles. The summed E-state index contributed by atoms with van der Waals surface area (Å²) in [6, 6.07) is 7.74. The molecule has 0 unspecified atom stereocenters. The number of hydrogen-bond acceptors (Lipinski definition) is 4. The van der Waals surface area contributed by atoms with Crippen LogP contribution in [0.2, 0.25) is 0 Å². The van der Waals surface area contributed by atoms with Gasteiger partial charge in [0.2, 0.25) is 0 Å². The van der Waals surface area contributed by atoms with Gasteiger partial charge in [0.1, 0.15) is 0 Å². The molecule has 0 spiro atoms. The van der Waals surface area contributed by atoms with Crippen LogP contribution in [-0.4, -0.2) is 37.2 Å². The van der Waals surface area contributed by atoms with Crippen LogP contribution < -0.4 is 16.0 Å². The topological polar surface area (TPSA) is 75.8 Å². The summed E-state index contributed by atoms with van der Waals surface area (Å²) in [6.45, 7) is 2.78. The molecular formula is C21H26FN5O. The number of nitrogens with two attached hydrogens (primary N) is 1. The molecule has 4 rings (SSSR count). The summed E-state index contributed by atoms with van der Waals surface area (Å²) >= 11 is 0. The lowest BCUT2D eigenvalue weighted by Crippen LogP contribution is -2.37. The summed E-state index contributed by atoms with van der Waals surface area (Å²) in [4.78, 5) is 10.6. The maximum Gasteiger partial charge on any atom is 0.193 e. The average Bonchev–Trinajstić information content (AvgIpc) is 2.73. The highest BCUT2D eigenvalue weighted by molar-refractivity contribution is 5.93. The quantitative estimate of drug-likeness (QED) is 0.627. The van der Waals surface area contributed by atoms with Crippen molar-refractivity contribution in [1.82, 2.24) is 4.98 Å². The lowest BCUT2D eigenvalue weighted by molar-refractivity contribution is 0.122. The second-order valence-corrected chi connectivity index (χ2v) is 7.23. The van der Waals surface area contributed by atoms with Gasteiger partial charge in [-0.25, -0.2) is 14.4 Å². The maximum atomic E-state index is 14.5. The molecule has 1 saturated heterocycles. The molecule has 0 saturated carbocycles. The third-order valence-corrected chi connectivity index (χ3v) is 5.28. The van der Waals surface area contributed by atoms with E-state index in [0.717, 1.165) is 18.5 Å². The summed E-state index contributed by atoms with van der Waals surface area (Å²) in [5.74, 6) is 0.368. The van der Waals surface area contributed by atoms with Gasteiger partial charge in [0.15, 0.2) is 17.6 Å². The van der Waals surface area contributed by atoms with Crippen LogP contribution in [0, 0.1) is 5.82 Å². The third kappa shape index (κ3) is 4.25. The number of aliphatic imine (C=N–C) groups is 1. The van der Waals surface area contributed by atoms with Gasteiger partial charge in [0, 0.05) is 25.0 Å². The fourth-order valence-corrected chi connectivity index (χ4v) is 3.82. The highest BCUT2D eigenvalue weighted by Crippen LogP contribution is 2.27. The van der Waals surface area contributed by atoms with E-state index in [1.165, 1.54) is 30.0 Å². The lowest BCUT2D eigenvalue weighted by atomic mass is 9.90. The molecule has 7 heteroatoms. The number of aryl methyl sites for hydroxylation is 1. The van der Waals surface area contributed by atoms with E-state index >= 15 is 0 Å². The number of hydrogen-bond donors (Lipinski definition) is 2. The van der Waals surface area contributed by atoms with E-state index < -0.39 is 0 Å². The van der Waals surface area contributed by atoms with Crippen LogP contribution in [-0.2, 0) is 24.1 Å². The number of anilines is 2. The molecule has 1 fully saturated rings. The second kappa shape index (κ2) is 8.56. The van der Waals surface area contributed by atoms with Crippen molar-refractivity contribution in [2.75, 3.05) is 36.5 Å². The van der Waals surface area contributed by atoms with Crippen LogP contribution in [0.3, 0.4) is 0 Å². The van der Waals surface area contributed by atoms with Crippen molar-refractivity contribution < 1.29 is 9.13 Å². The number of rotatable bonds is 4. The number of nitrogens with one attached hydrogen (secondary N) is 1. The van der Waals surface area contributed by atoms with Crippen molar-refractivity contribution in [2.45, 2.75) is 32.2 Å². The summed E-state index contributed by atoms with van der Waals surface area (Å²) in [7, 11) is 0. The number of nitrogens with zero attached hydrogens (tertiary/aromatic N) is 3. The van der Waals surface area contributed by atoms with E-state index in [1.807, 2.05) is 17.0 Å². The number of pyridine rings is 1. The highest BCUT2D eigenvalue weighted by Gasteiger charge is 2.17. The van der Waals surface area contributed by atoms with E-state index in [-0.39, 0.29) is 12.4 Å². The van der Waals surface area contributed by atoms with E-state index in [1.54, 1.807) is 6.20 Å². The second-order valence-electron chi connectivity index (χ2n) is 7.23. The molecule has 3 N–H and O–H groups in total. The number of guanidine groups is 1. The van der Waals surface area contributed by atoms with Gasteiger partial charge < -0.3 is 20.7 Å². The molecule has 0 bridgehead atoms. The van der Waals surface area contributed by atoms with Crippen molar-refractivity contribution >= 4 is 17.5 Å². The largest absolute Gasteiger partial charge is 0.378 e. The van der Waals surface area contributed by atoms with E-state index in [4.69, 9.17) is 10.5 Å². The molecule has 148 valence electrons. The maximum absolute atomic E-state index is 14.5. The Balaban J connectivity index is 1.42. The Labute approximate surface area is 164 Å². The van der Waals surface area contributed by atoms with E-state index in [9.17, 15) is 4.39 Å². The van der Waals surface area contributed by atoms with Crippen molar-refractivity contribution in [3.63, 3.8) is 0 Å². The molecule has 2 aliphatic rings. The minimum Gasteiger partial charge on any atom is -0.378 e. The Morgan fingerprint density at radius 2 is 2.07 bits per heavy atom. The van der Waals surface area contributed by atoms with Crippen LogP contribution in [0.4, 0.5) is 15.9 Å². The molecule has 0 atom stereocenters. The number of benzene rings is 1. The van der Waals surface area contributed by atoms with Gasteiger partial charge in [-0.15, -0.1) is 0 Å². The molecule has 28 heavy (non-hydrogen) atoms. The summed E-state index contributed by atoms with van der Waals surface area (Å²) in [5, 5.41) is 3.21. The number of aromatic nitrogens is 1. The van der Waals surface area contributed by atoms with Gasteiger partial charge in [0.25, 0.3) is 0 Å². The van der Waals surface area contributed by atoms with Gasteiger partial charge in [-0.05, 0) is 54.5 Å². The van der Waals surface area contributed by atoms with Crippen LogP contribution >= 0.6 is 0 Å². The first-order chi connectivity index (χ1) is 13.7. The summed E-state index contributed by atoms with van der Waals surface area (Å²) in [5.41, 5.74) is 10.5. The van der Waals surface area contributed by atoms with E-state index in [0.29, 0.717) is 43.6 Å². The zero-order valence-electron chi connectivity index (χ0n) is 16.0. The Kier molecular flexibility index (Phi) is 5.71. The van der Waals surface area contributed by atoms with Crippen LogP contribution in [0.5, 0.6) is 0 Å². The fraction of sp³-hybridized carbons (Fsp3) is 0.429. The zero-order valence-corrected chi connectivity index (χ0v) is 16.0. The van der Waals surface area contributed by atoms with Crippen LogP contribution in [0.25, 0.3) is 0 Å².